The van der Waals surface area contributed by atoms with Gasteiger partial charge in [0.25, 0.3) is 5.91 Å². The van der Waals surface area contributed by atoms with Crippen LogP contribution in [0.5, 0.6) is 0 Å². The van der Waals surface area contributed by atoms with Gasteiger partial charge in [-0.05, 0) is 57.4 Å². The first-order chi connectivity index (χ1) is 10.6. The molecule has 2 heterocycles. The molecule has 1 fully saturated rings. The molecule has 1 aliphatic heterocycles. The van der Waals surface area contributed by atoms with Crippen molar-refractivity contribution in [3.05, 3.63) is 46.2 Å². The molecule has 0 N–H and O–H groups in total. The van der Waals surface area contributed by atoms with Crippen molar-refractivity contribution < 1.29 is 4.79 Å². The molecule has 1 aromatic heterocycles. The van der Waals surface area contributed by atoms with Gasteiger partial charge >= 0.3 is 0 Å². The Bertz CT molecular complexity index is 678. The number of nitrogens with zero attached hydrogens (tertiary/aromatic N) is 3. The van der Waals surface area contributed by atoms with Crippen molar-refractivity contribution in [1.82, 2.24) is 14.7 Å². The number of carbonyl (C=O) groups is 1. The van der Waals surface area contributed by atoms with Gasteiger partial charge in [-0.3, -0.25) is 4.79 Å². The molecule has 0 bridgehead atoms. The van der Waals surface area contributed by atoms with Gasteiger partial charge in [0.05, 0.1) is 23.1 Å². The summed E-state index contributed by atoms with van der Waals surface area (Å²) in [5, 5.41) is 4.41. The molecule has 0 spiro atoms. The first kappa shape index (κ1) is 15.3. The zero-order chi connectivity index (χ0) is 15.7. The summed E-state index contributed by atoms with van der Waals surface area (Å²) in [4.78, 5) is 14.8. The van der Waals surface area contributed by atoms with E-state index < -0.39 is 0 Å². The Morgan fingerprint density at radius 2 is 2.00 bits per heavy atom. The predicted octanol–water partition coefficient (Wildman–Crippen LogP) is 3.96. The van der Waals surface area contributed by atoms with E-state index >= 15 is 0 Å². The van der Waals surface area contributed by atoms with Crippen molar-refractivity contribution in [3.8, 4) is 5.69 Å². The van der Waals surface area contributed by atoms with Gasteiger partial charge in [-0.1, -0.05) is 15.9 Å². The summed E-state index contributed by atoms with van der Waals surface area (Å²) >= 11 is 3.43. The lowest BCUT2D eigenvalue weighted by Crippen LogP contribution is -2.42. The maximum atomic E-state index is 12.8. The average Bonchev–Trinajstić information content (AvgIpc) is 2.90. The van der Waals surface area contributed by atoms with Crippen molar-refractivity contribution in [1.29, 1.82) is 0 Å². The third kappa shape index (κ3) is 2.82. The lowest BCUT2D eigenvalue weighted by molar-refractivity contribution is 0.0635. The molecule has 1 aromatic carbocycles. The highest BCUT2D eigenvalue weighted by molar-refractivity contribution is 9.10. The van der Waals surface area contributed by atoms with Crippen molar-refractivity contribution >= 4 is 21.8 Å². The maximum absolute atomic E-state index is 12.8. The molecule has 1 aliphatic rings. The van der Waals surface area contributed by atoms with Crippen LogP contribution in [0, 0.1) is 6.92 Å². The number of hydrogen-bond donors (Lipinski definition) is 0. The van der Waals surface area contributed by atoms with Gasteiger partial charge in [0.15, 0.2) is 0 Å². The molecule has 116 valence electrons. The first-order valence-corrected chi connectivity index (χ1v) is 8.49. The largest absolute Gasteiger partial charge is 0.336 e. The summed E-state index contributed by atoms with van der Waals surface area (Å²) in [6, 6.07) is 8.25. The monoisotopic (exact) mass is 361 g/mol. The minimum atomic E-state index is 0.105. The number of likely N-dealkylation sites (tertiary alicyclic amines) is 1. The Balaban J connectivity index is 1.89. The van der Waals surface area contributed by atoms with Crippen LogP contribution in [0.4, 0.5) is 0 Å². The fourth-order valence-electron chi connectivity index (χ4n) is 3.02. The summed E-state index contributed by atoms with van der Waals surface area (Å²) in [5.41, 5.74) is 2.56. The molecule has 2 aromatic rings. The fraction of sp³-hybridized carbons (Fsp3) is 0.412. The minimum absolute atomic E-state index is 0.105. The Kier molecular flexibility index (Phi) is 4.34. The van der Waals surface area contributed by atoms with Gasteiger partial charge in [0.1, 0.15) is 0 Å². The standard InChI is InChI=1S/C17H20BrN3O/c1-12-5-3-4-10-20(12)17(22)16-11-19-21(13(16)2)15-8-6-14(18)7-9-15/h6-9,11-12H,3-5,10H2,1-2H3. The highest BCUT2D eigenvalue weighted by atomic mass is 79.9. The molecule has 1 saturated heterocycles. The second kappa shape index (κ2) is 6.24. The SMILES string of the molecule is Cc1c(C(=O)N2CCCCC2C)cnn1-c1ccc(Br)cc1. The highest BCUT2D eigenvalue weighted by Crippen LogP contribution is 2.22. The molecule has 0 aliphatic carbocycles. The number of hydrogen-bond acceptors (Lipinski definition) is 2. The molecule has 0 radical (unpaired) electrons. The number of aromatic nitrogens is 2. The molecule has 5 heteroatoms. The molecule has 3 rings (SSSR count). The number of rotatable bonds is 2. The Labute approximate surface area is 139 Å². The first-order valence-electron chi connectivity index (χ1n) is 7.69. The maximum Gasteiger partial charge on any atom is 0.257 e. The molecule has 0 saturated carbocycles. The van der Waals surface area contributed by atoms with Crippen molar-refractivity contribution in [3.63, 3.8) is 0 Å². The van der Waals surface area contributed by atoms with Crippen LogP contribution >= 0.6 is 15.9 Å². The highest BCUT2D eigenvalue weighted by Gasteiger charge is 2.26. The average molecular weight is 362 g/mol. The van der Waals surface area contributed by atoms with Gasteiger partial charge in [-0.2, -0.15) is 5.10 Å². The van der Waals surface area contributed by atoms with Gasteiger partial charge < -0.3 is 4.90 Å². The van der Waals surface area contributed by atoms with Crippen LogP contribution in [0.3, 0.4) is 0 Å². The minimum Gasteiger partial charge on any atom is -0.336 e. The Hall–Kier alpha value is -1.62. The van der Waals surface area contributed by atoms with Crippen molar-refractivity contribution in [2.75, 3.05) is 6.54 Å². The topological polar surface area (TPSA) is 38.1 Å². The van der Waals surface area contributed by atoms with E-state index in [1.54, 1.807) is 6.20 Å². The van der Waals surface area contributed by atoms with E-state index in [-0.39, 0.29) is 5.91 Å². The van der Waals surface area contributed by atoms with E-state index in [1.165, 1.54) is 6.42 Å². The van der Waals surface area contributed by atoms with Crippen LogP contribution in [0.1, 0.15) is 42.2 Å². The number of piperidine rings is 1. The Morgan fingerprint density at radius 1 is 1.27 bits per heavy atom. The van der Waals surface area contributed by atoms with E-state index in [2.05, 4.69) is 28.0 Å². The fourth-order valence-corrected chi connectivity index (χ4v) is 3.28. The summed E-state index contributed by atoms with van der Waals surface area (Å²) in [6.45, 7) is 4.94. The van der Waals surface area contributed by atoms with E-state index in [1.807, 2.05) is 40.8 Å². The molecule has 4 nitrogen and oxygen atoms in total. The van der Waals surface area contributed by atoms with Crippen molar-refractivity contribution in [2.24, 2.45) is 0 Å². The van der Waals surface area contributed by atoms with E-state index in [4.69, 9.17) is 0 Å². The summed E-state index contributed by atoms with van der Waals surface area (Å²) in [6.07, 6.45) is 5.09. The summed E-state index contributed by atoms with van der Waals surface area (Å²) in [7, 11) is 0. The number of amides is 1. The molecule has 1 atom stereocenters. The van der Waals surface area contributed by atoms with Crippen LogP contribution in [0.25, 0.3) is 5.69 Å². The summed E-state index contributed by atoms with van der Waals surface area (Å²) in [5.74, 6) is 0.105. The van der Waals surface area contributed by atoms with E-state index in [0.717, 1.165) is 35.2 Å². The van der Waals surface area contributed by atoms with Crippen LogP contribution < -0.4 is 0 Å². The third-order valence-corrected chi connectivity index (χ3v) is 4.90. The molecular weight excluding hydrogens is 342 g/mol. The number of carbonyl (C=O) groups excluding carboxylic acids is 1. The quantitative estimate of drug-likeness (QED) is 0.811. The molecular formula is C17H20BrN3O. The van der Waals surface area contributed by atoms with Crippen LogP contribution in [0.15, 0.2) is 34.9 Å². The smallest absolute Gasteiger partial charge is 0.257 e. The van der Waals surface area contributed by atoms with E-state index in [0.29, 0.717) is 11.6 Å². The molecule has 1 unspecified atom stereocenters. The van der Waals surface area contributed by atoms with Gasteiger partial charge in [0, 0.05) is 17.1 Å². The lowest BCUT2D eigenvalue weighted by Gasteiger charge is -2.33. The molecule has 22 heavy (non-hydrogen) atoms. The predicted molar refractivity (Wildman–Crippen MR) is 90.4 cm³/mol. The zero-order valence-electron chi connectivity index (χ0n) is 12.9. The number of benzene rings is 1. The van der Waals surface area contributed by atoms with Crippen LogP contribution in [0.2, 0.25) is 0 Å². The zero-order valence-corrected chi connectivity index (χ0v) is 14.5. The second-order valence-corrected chi connectivity index (χ2v) is 6.79. The molecule has 1 amide bonds. The third-order valence-electron chi connectivity index (χ3n) is 4.38. The number of halogens is 1. The van der Waals surface area contributed by atoms with Gasteiger partial charge in [0.2, 0.25) is 0 Å². The normalized spacial score (nSPS) is 18.5. The lowest BCUT2D eigenvalue weighted by atomic mass is 10.0. The second-order valence-electron chi connectivity index (χ2n) is 5.88. The van der Waals surface area contributed by atoms with Crippen LogP contribution in [-0.4, -0.2) is 33.2 Å². The van der Waals surface area contributed by atoms with E-state index in [9.17, 15) is 4.79 Å². The van der Waals surface area contributed by atoms with Gasteiger partial charge in [-0.25, -0.2) is 4.68 Å². The summed E-state index contributed by atoms with van der Waals surface area (Å²) < 4.78 is 2.85. The Morgan fingerprint density at radius 3 is 2.68 bits per heavy atom. The van der Waals surface area contributed by atoms with Crippen molar-refractivity contribution in [2.45, 2.75) is 39.2 Å². The van der Waals surface area contributed by atoms with Crippen LogP contribution in [-0.2, 0) is 0 Å². The van der Waals surface area contributed by atoms with Gasteiger partial charge in [-0.15, -0.1) is 0 Å².